The van der Waals surface area contributed by atoms with Crippen LogP contribution < -0.4 is 0 Å². The summed E-state index contributed by atoms with van der Waals surface area (Å²) in [4.78, 5) is 25.2. The fourth-order valence-corrected chi connectivity index (χ4v) is 2.61. The van der Waals surface area contributed by atoms with E-state index in [1.807, 2.05) is 0 Å². The number of rotatable bonds is 12. The minimum absolute atomic E-state index is 0.0961. The lowest BCUT2D eigenvalue weighted by Crippen LogP contribution is -2.68. The van der Waals surface area contributed by atoms with E-state index < -0.39 is 35.7 Å². The highest BCUT2D eigenvalue weighted by molar-refractivity contribution is 5.86. The van der Waals surface area contributed by atoms with E-state index in [0.29, 0.717) is 19.3 Å². The molecule has 8 heteroatoms. The second-order valence-corrected chi connectivity index (χ2v) is 6.75. The van der Waals surface area contributed by atoms with Crippen LogP contribution >= 0.6 is 0 Å². The number of allylic oxidation sites excluding steroid dienone is 2. The maximum absolute atomic E-state index is 12.7. The fourth-order valence-electron chi connectivity index (χ4n) is 2.61. The Morgan fingerprint density at radius 1 is 0.966 bits per heavy atom. The minimum Gasteiger partial charge on any atom is -0.464 e. The second kappa shape index (κ2) is 11.3. The van der Waals surface area contributed by atoms with Crippen LogP contribution in [0.15, 0.2) is 37.5 Å². The molecule has 1 heterocycles. The average Bonchev–Trinajstić information content (AvgIpc) is 2.72. The summed E-state index contributed by atoms with van der Waals surface area (Å²) in [7, 11) is 2.76. The van der Waals surface area contributed by atoms with Gasteiger partial charge in [0.15, 0.2) is 12.2 Å². The van der Waals surface area contributed by atoms with E-state index in [-0.39, 0.29) is 13.2 Å². The highest BCUT2D eigenvalue weighted by Crippen LogP contribution is 2.39. The van der Waals surface area contributed by atoms with Crippen LogP contribution in [0, 0.1) is 0 Å². The highest BCUT2D eigenvalue weighted by Gasteiger charge is 2.60. The minimum atomic E-state index is -1.47. The van der Waals surface area contributed by atoms with Crippen LogP contribution in [0.3, 0.4) is 0 Å². The molecule has 1 fully saturated rings. The molecule has 0 radical (unpaired) electrons. The van der Waals surface area contributed by atoms with Crippen molar-refractivity contribution in [2.24, 2.45) is 0 Å². The first-order valence-corrected chi connectivity index (χ1v) is 9.38. The van der Waals surface area contributed by atoms with Crippen molar-refractivity contribution in [3.63, 3.8) is 0 Å². The standard InChI is InChI=1S/C21H32O8/c1-8-10-13-26-18(22)16-17(19(23)27-14-11-12-15(3)9-2)29-21(5,25-7)20(4,24-6)28-16/h8-9,16-17H,1-3,10-14H2,4-7H3. The van der Waals surface area contributed by atoms with Crippen LogP contribution in [0.25, 0.3) is 0 Å². The van der Waals surface area contributed by atoms with E-state index in [4.69, 9.17) is 28.4 Å². The van der Waals surface area contributed by atoms with Gasteiger partial charge >= 0.3 is 11.9 Å². The molecule has 0 bridgehead atoms. The van der Waals surface area contributed by atoms with Crippen molar-refractivity contribution in [2.75, 3.05) is 27.4 Å². The van der Waals surface area contributed by atoms with Gasteiger partial charge in [-0.15, -0.1) is 6.58 Å². The summed E-state index contributed by atoms with van der Waals surface area (Å²) in [5.74, 6) is -4.47. The number of ether oxygens (including phenoxy) is 6. The van der Waals surface area contributed by atoms with Crippen LogP contribution in [0.5, 0.6) is 0 Å². The van der Waals surface area contributed by atoms with Gasteiger partial charge in [-0.05, 0) is 33.1 Å². The molecule has 0 saturated carbocycles. The molecule has 0 aromatic rings. The summed E-state index contributed by atoms with van der Waals surface area (Å²) in [6.07, 6.45) is 2.12. The summed E-state index contributed by atoms with van der Waals surface area (Å²) in [5, 5.41) is 0. The normalized spacial score (nSPS) is 29.0. The SMILES string of the molecule is C=CCCOC(=O)C1OC(C)(OC)C(C)(OC)OC1C(=O)OCCCC(=C)C=C. The van der Waals surface area contributed by atoms with Crippen molar-refractivity contribution >= 4 is 11.9 Å². The first-order chi connectivity index (χ1) is 13.7. The first kappa shape index (κ1) is 25.0. The third-order valence-electron chi connectivity index (χ3n) is 4.79. The Balaban J connectivity index is 2.95. The van der Waals surface area contributed by atoms with Crippen molar-refractivity contribution in [1.82, 2.24) is 0 Å². The smallest absolute Gasteiger partial charge is 0.338 e. The molecule has 1 aliphatic rings. The molecular formula is C21H32O8. The number of carbonyl (C=O) groups is 2. The lowest BCUT2D eigenvalue weighted by Gasteiger charge is -2.50. The molecule has 4 unspecified atom stereocenters. The predicted octanol–water partition coefficient (Wildman–Crippen LogP) is 2.68. The summed E-state index contributed by atoms with van der Waals surface area (Å²) in [5.41, 5.74) is 0.838. The summed E-state index contributed by atoms with van der Waals surface area (Å²) >= 11 is 0. The summed E-state index contributed by atoms with van der Waals surface area (Å²) in [6, 6.07) is 0. The molecule has 0 amide bonds. The Kier molecular flexibility index (Phi) is 9.72. The maximum atomic E-state index is 12.7. The number of hydrogen-bond donors (Lipinski definition) is 0. The zero-order valence-corrected chi connectivity index (χ0v) is 17.7. The lowest BCUT2D eigenvalue weighted by atomic mass is 10.0. The number of hydrogen-bond acceptors (Lipinski definition) is 8. The van der Waals surface area contributed by atoms with Crippen molar-refractivity contribution in [1.29, 1.82) is 0 Å². The van der Waals surface area contributed by atoms with Gasteiger partial charge in [-0.3, -0.25) is 0 Å². The Bertz CT molecular complexity index is 616. The van der Waals surface area contributed by atoms with Gasteiger partial charge in [0.05, 0.1) is 13.2 Å². The molecule has 0 N–H and O–H groups in total. The van der Waals surface area contributed by atoms with Crippen molar-refractivity contribution < 1.29 is 38.0 Å². The van der Waals surface area contributed by atoms with Crippen LogP contribution in [0.4, 0.5) is 0 Å². The molecule has 1 aliphatic heterocycles. The molecule has 0 aromatic heterocycles. The van der Waals surface area contributed by atoms with E-state index in [9.17, 15) is 9.59 Å². The van der Waals surface area contributed by atoms with Crippen molar-refractivity contribution in [2.45, 2.75) is 56.9 Å². The Morgan fingerprint density at radius 2 is 1.45 bits per heavy atom. The van der Waals surface area contributed by atoms with Gasteiger partial charge in [0, 0.05) is 14.2 Å². The number of methoxy groups -OCH3 is 2. The maximum Gasteiger partial charge on any atom is 0.338 e. The van der Waals surface area contributed by atoms with E-state index in [1.165, 1.54) is 14.2 Å². The van der Waals surface area contributed by atoms with E-state index in [2.05, 4.69) is 19.7 Å². The molecule has 29 heavy (non-hydrogen) atoms. The van der Waals surface area contributed by atoms with Gasteiger partial charge in [0.25, 0.3) is 0 Å². The van der Waals surface area contributed by atoms with E-state index in [1.54, 1.807) is 26.0 Å². The average molecular weight is 412 g/mol. The van der Waals surface area contributed by atoms with Crippen molar-refractivity contribution in [3.05, 3.63) is 37.5 Å². The zero-order valence-electron chi connectivity index (χ0n) is 17.7. The largest absolute Gasteiger partial charge is 0.464 e. The second-order valence-electron chi connectivity index (χ2n) is 6.75. The van der Waals surface area contributed by atoms with Gasteiger partial charge in [0.2, 0.25) is 11.6 Å². The van der Waals surface area contributed by atoms with Crippen LogP contribution in [-0.2, 0) is 38.0 Å². The molecule has 0 aliphatic carbocycles. The Hall–Kier alpha value is -2.00. The quantitative estimate of drug-likeness (QED) is 0.209. The Labute approximate surface area is 172 Å². The first-order valence-electron chi connectivity index (χ1n) is 9.38. The summed E-state index contributed by atoms with van der Waals surface area (Å²) < 4.78 is 32.9. The van der Waals surface area contributed by atoms with Crippen LogP contribution in [-0.4, -0.2) is 63.2 Å². The third kappa shape index (κ3) is 6.24. The van der Waals surface area contributed by atoms with Gasteiger partial charge in [-0.25, -0.2) is 9.59 Å². The zero-order chi connectivity index (χ0) is 22.1. The van der Waals surface area contributed by atoms with Gasteiger partial charge in [0.1, 0.15) is 0 Å². The van der Waals surface area contributed by atoms with Gasteiger partial charge in [-0.1, -0.05) is 30.9 Å². The fraction of sp³-hybridized carbons (Fsp3) is 0.619. The van der Waals surface area contributed by atoms with E-state index in [0.717, 1.165) is 5.57 Å². The van der Waals surface area contributed by atoms with E-state index >= 15 is 0 Å². The summed E-state index contributed by atoms with van der Waals surface area (Å²) in [6.45, 7) is 14.3. The molecule has 164 valence electrons. The number of esters is 2. The molecule has 4 atom stereocenters. The van der Waals surface area contributed by atoms with Crippen LogP contribution in [0.1, 0.15) is 33.1 Å². The molecular weight excluding hydrogens is 380 g/mol. The molecule has 1 saturated heterocycles. The van der Waals surface area contributed by atoms with Crippen molar-refractivity contribution in [3.8, 4) is 0 Å². The topological polar surface area (TPSA) is 89.5 Å². The monoisotopic (exact) mass is 412 g/mol. The number of carbonyl (C=O) groups excluding carboxylic acids is 2. The highest BCUT2D eigenvalue weighted by atomic mass is 16.8. The van der Waals surface area contributed by atoms with Crippen LogP contribution in [0.2, 0.25) is 0 Å². The molecule has 8 nitrogen and oxygen atoms in total. The van der Waals surface area contributed by atoms with Gasteiger partial charge < -0.3 is 28.4 Å². The molecule has 0 aromatic carbocycles. The predicted molar refractivity (Wildman–Crippen MR) is 106 cm³/mol. The third-order valence-corrected chi connectivity index (χ3v) is 4.79. The molecule has 1 rings (SSSR count). The molecule has 0 spiro atoms. The lowest BCUT2D eigenvalue weighted by molar-refractivity contribution is -0.439. The van der Waals surface area contributed by atoms with Gasteiger partial charge in [-0.2, -0.15) is 0 Å². The Morgan fingerprint density at radius 3 is 1.86 bits per heavy atom.